The van der Waals surface area contributed by atoms with Crippen LogP contribution in [-0.4, -0.2) is 62.3 Å². The van der Waals surface area contributed by atoms with Gasteiger partial charge in [0.1, 0.15) is 0 Å². The van der Waals surface area contributed by atoms with Crippen molar-refractivity contribution in [1.82, 2.24) is 9.80 Å². The first kappa shape index (κ1) is 21.2. The molecule has 0 amide bonds. The Morgan fingerprint density at radius 3 is 2.36 bits per heavy atom. The van der Waals surface area contributed by atoms with Crippen molar-refractivity contribution in [3.05, 3.63) is 58.6 Å². The fraction of sp³-hybridized carbons (Fsp3) is 0.300. The summed E-state index contributed by atoms with van der Waals surface area (Å²) in [5.41, 5.74) is 3.87. The highest BCUT2D eigenvalue weighted by molar-refractivity contribution is 7.99. The number of hydrogen-bond donors (Lipinski definition) is 1. The van der Waals surface area contributed by atoms with E-state index in [1.807, 2.05) is 17.8 Å². The zero-order chi connectivity index (χ0) is 20.3. The van der Waals surface area contributed by atoms with Gasteiger partial charge in [0.15, 0.2) is 0 Å². The first-order chi connectivity index (χ1) is 13.2. The summed E-state index contributed by atoms with van der Waals surface area (Å²) < 4.78 is 25.9. The third-order valence-electron chi connectivity index (χ3n) is 4.49. The van der Waals surface area contributed by atoms with Crippen molar-refractivity contribution in [2.24, 2.45) is 0 Å². The molecule has 150 valence electrons. The number of halogens is 1. The van der Waals surface area contributed by atoms with Crippen molar-refractivity contribution in [2.75, 3.05) is 39.5 Å². The van der Waals surface area contributed by atoms with Crippen LogP contribution < -0.4 is 0 Å². The third-order valence-corrected chi connectivity index (χ3v) is 5.89. The van der Waals surface area contributed by atoms with Gasteiger partial charge in [0.2, 0.25) is 0 Å². The smallest absolute Gasteiger partial charge is 0.261 e. The molecule has 0 radical (unpaired) electrons. The van der Waals surface area contributed by atoms with E-state index < -0.39 is 10.1 Å². The van der Waals surface area contributed by atoms with E-state index in [1.54, 1.807) is 0 Å². The highest BCUT2D eigenvalue weighted by Gasteiger charge is 2.22. The standard InChI is InChI=1S/C19H19ClN2S.CH4O3S/c1-21-8-10-22(11-9-21)17-13-14-12-15(20)6-7-18(14)23-19-5-3-2-4-16(17)19;1-5(2,3)4/h2-7,12-13H,8-11H2,1H3;1H3,(H,2,3,4). The Kier molecular flexibility index (Phi) is 6.73. The fourth-order valence-corrected chi connectivity index (χ4v) is 4.36. The molecule has 1 N–H and O–H groups in total. The topological polar surface area (TPSA) is 60.9 Å². The normalized spacial score (nSPS) is 16.9. The fourth-order valence-electron chi connectivity index (χ4n) is 3.14. The molecular weight excluding hydrogens is 416 g/mol. The summed E-state index contributed by atoms with van der Waals surface area (Å²) in [4.78, 5) is 7.49. The van der Waals surface area contributed by atoms with Gasteiger partial charge in [0.05, 0.1) is 6.26 Å². The van der Waals surface area contributed by atoms with Crippen LogP contribution in [0.5, 0.6) is 0 Å². The SMILES string of the molecule is CN1CCN(C2=Cc3cc(Cl)ccc3Sc3ccccc32)CC1.CS(=O)(=O)O. The molecule has 0 unspecified atom stereocenters. The van der Waals surface area contributed by atoms with Crippen molar-refractivity contribution in [3.8, 4) is 0 Å². The Bertz CT molecular complexity index is 977. The highest BCUT2D eigenvalue weighted by Crippen LogP contribution is 2.42. The third kappa shape index (κ3) is 5.75. The highest BCUT2D eigenvalue weighted by atomic mass is 35.5. The average molecular weight is 439 g/mol. The molecule has 5 nitrogen and oxygen atoms in total. The van der Waals surface area contributed by atoms with Gasteiger partial charge in [-0.1, -0.05) is 41.6 Å². The zero-order valence-corrected chi connectivity index (χ0v) is 18.2. The molecule has 2 aliphatic heterocycles. The van der Waals surface area contributed by atoms with Crippen LogP contribution in [0, 0.1) is 0 Å². The molecule has 4 rings (SSSR count). The summed E-state index contributed by atoms with van der Waals surface area (Å²) in [6.07, 6.45) is 3.03. The summed E-state index contributed by atoms with van der Waals surface area (Å²) in [7, 11) is -1.47. The summed E-state index contributed by atoms with van der Waals surface area (Å²) in [5.74, 6) is 0. The van der Waals surface area contributed by atoms with Crippen molar-refractivity contribution in [3.63, 3.8) is 0 Å². The second-order valence-corrected chi connectivity index (χ2v) is 9.82. The van der Waals surface area contributed by atoms with Gasteiger partial charge in [-0.15, -0.1) is 0 Å². The van der Waals surface area contributed by atoms with E-state index in [0.29, 0.717) is 6.26 Å². The average Bonchev–Trinajstić information content (AvgIpc) is 2.77. The molecule has 2 aliphatic rings. The van der Waals surface area contributed by atoms with Gasteiger partial charge in [-0.25, -0.2) is 0 Å². The molecule has 0 spiro atoms. The minimum Gasteiger partial charge on any atom is -0.368 e. The lowest BCUT2D eigenvalue weighted by Crippen LogP contribution is -2.43. The van der Waals surface area contributed by atoms with Gasteiger partial charge in [-0.05, 0) is 43.0 Å². The number of fused-ring (bicyclic) bond motifs is 2. The molecule has 0 saturated carbocycles. The Hall–Kier alpha value is -1.51. The van der Waals surface area contributed by atoms with Crippen LogP contribution in [0.1, 0.15) is 11.1 Å². The van der Waals surface area contributed by atoms with Crippen LogP contribution >= 0.6 is 23.4 Å². The maximum Gasteiger partial charge on any atom is 0.261 e. The number of likely N-dealkylation sites (N-methyl/N-ethyl adjacent to an activating group) is 1. The van der Waals surface area contributed by atoms with Crippen LogP contribution in [0.3, 0.4) is 0 Å². The Morgan fingerprint density at radius 2 is 1.68 bits per heavy atom. The largest absolute Gasteiger partial charge is 0.368 e. The predicted molar refractivity (Wildman–Crippen MR) is 116 cm³/mol. The molecule has 0 aliphatic carbocycles. The van der Waals surface area contributed by atoms with E-state index in [2.05, 4.69) is 59.3 Å². The molecule has 0 atom stereocenters. The van der Waals surface area contributed by atoms with Gasteiger partial charge < -0.3 is 9.80 Å². The van der Waals surface area contributed by atoms with Crippen LogP contribution in [-0.2, 0) is 10.1 Å². The number of rotatable bonds is 1. The van der Waals surface area contributed by atoms with E-state index in [4.69, 9.17) is 16.2 Å². The minimum atomic E-state index is -3.67. The quantitative estimate of drug-likeness (QED) is 0.677. The molecule has 0 aromatic heterocycles. The Labute approximate surface area is 175 Å². The van der Waals surface area contributed by atoms with Gasteiger partial charge >= 0.3 is 0 Å². The molecule has 8 heteroatoms. The van der Waals surface area contributed by atoms with Crippen molar-refractivity contribution in [2.45, 2.75) is 9.79 Å². The lowest BCUT2D eigenvalue weighted by Gasteiger charge is -2.36. The number of nitrogens with zero attached hydrogens (tertiary/aromatic N) is 2. The first-order valence-electron chi connectivity index (χ1n) is 8.85. The van der Waals surface area contributed by atoms with Crippen LogP contribution in [0.2, 0.25) is 5.02 Å². The van der Waals surface area contributed by atoms with Crippen molar-refractivity contribution >= 4 is 45.3 Å². The second kappa shape index (κ2) is 8.88. The number of benzene rings is 2. The molecule has 1 fully saturated rings. The molecule has 2 aromatic rings. The van der Waals surface area contributed by atoms with E-state index in [-0.39, 0.29) is 0 Å². The summed E-state index contributed by atoms with van der Waals surface area (Å²) >= 11 is 8.07. The number of hydrogen-bond acceptors (Lipinski definition) is 5. The Morgan fingerprint density at radius 1 is 1.04 bits per heavy atom. The molecule has 0 bridgehead atoms. The molecular formula is C20H23ClN2O3S2. The van der Waals surface area contributed by atoms with E-state index in [1.165, 1.54) is 26.6 Å². The molecule has 1 saturated heterocycles. The van der Waals surface area contributed by atoms with Crippen LogP contribution in [0.4, 0.5) is 0 Å². The maximum absolute atomic E-state index is 9.19. The zero-order valence-electron chi connectivity index (χ0n) is 15.8. The lowest BCUT2D eigenvalue weighted by atomic mass is 10.1. The number of piperazine rings is 1. The van der Waals surface area contributed by atoms with E-state index in [0.717, 1.165) is 31.2 Å². The Balaban J connectivity index is 0.000000403. The van der Waals surface area contributed by atoms with Crippen molar-refractivity contribution in [1.29, 1.82) is 0 Å². The van der Waals surface area contributed by atoms with Crippen molar-refractivity contribution < 1.29 is 13.0 Å². The minimum absolute atomic E-state index is 0.715. The summed E-state index contributed by atoms with van der Waals surface area (Å²) in [5, 5.41) is 0.796. The van der Waals surface area contributed by atoms with Crippen LogP contribution in [0.15, 0.2) is 52.3 Å². The van der Waals surface area contributed by atoms with Gasteiger partial charge in [-0.3, -0.25) is 4.55 Å². The predicted octanol–water partition coefficient (Wildman–Crippen LogP) is 4.05. The molecule has 28 heavy (non-hydrogen) atoms. The van der Waals surface area contributed by atoms with Gasteiger partial charge in [0.25, 0.3) is 10.1 Å². The van der Waals surface area contributed by atoms with Gasteiger partial charge in [-0.2, -0.15) is 8.42 Å². The lowest BCUT2D eigenvalue weighted by molar-refractivity contribution is 0.207. The van der Waals surface area contributed by atoms with Gasteiger partial charge in [0, 0.05) is 52.3 Å². The maximum atomic E-state index is 9.19. The summed E-state index contributed by atoms with van der Waals surface area (Å²) in [6.45, 7) is 4.35. The first-order valence-corrected chi connectivity index (χ1v) is 11.9. The molecule has 2 heterocycles. The second-order valence-electron chi connectivity index (χ2n) is 6.83. The summed E-state index contributed by atoms with van der Waals surface area (Å²) in [6, 6.07) is 14.9. The van der Waals surface area contributed by atoms with E-state index >= 15 is 0 Å². The molecule has 2 aromatic carbocycles. The van der Waals surface area contributed by atoms with Crippen LogP contribution in [0.25, 0.3) is 11.8 Å². The van der Waals surface area contributed by atoms with E-state index in [9.17, 15) is 8.42 Å². The monoisotopic (exact) mass is 438 g/mol.